The predicted octanol–water partition coefficient (Wildman–Crippen LogP) is 2.20. The van der Waals surface area contributed by atoms with Crippen molar-refractivity contribution in [3.8, 4) is 0 Å². The standard InChI is InChI=1S/C13H18BrN5O/c1-5-19-10(6-7-15-19)8(2)16-13(20)12-11(14)9(3)18(4)17-12/h6-8H,5H2,1-4H3,(H,16,20). The van der Waals surface area contributed by atoms with Gasteiger partial charge in [-0.05, 0) is 42.8 Å². The molecule has 6 nitrogen and oxygen atoms in total. The molecule has 1 unspecified atom stereocenters. The minimum absolute atomic E-state index is 0.126. The number of rotatable bonds is 4. The summed E-state index contributed by atoms with van der Waals surface area (Å²) in [5.74, 6) is -0.197. The molecule has 0 saturated carbocycles. The Labute approximate surface area is 126 Å². The number of nitrogens with one attached hydrogen (secondary N) is 1. The highest BCUT2D eigenvalue weighted by atomic mass is 79.9. The second-order valence-electron chi connectivity index (χ2n) is 4.64. The van der Waals surface area contributed by atoms with E-state index in [-0.39, 0.29) is 11.9 Å². The zero-order valence-corrected chi connectivity index (χ0v) is 13.6. The van der Waals surface area contributed by atoms with Crippen LogP contribution in [-0.2, 0) is 13.6 Å². The van der Waals surface area contributed by atoms with Gasteiger partial charge in [-0.15, -0.1) is 0 Å². The summed E-state index contributed by atoms with van der Waals surface area (Å²) in [5, 5.41) is 11.4. The van der Waals surface area contributed by atoms with E-state index in [1.54, 1.807) is 10.9 Å². The van der Waals surface area contributed by atoms with Crippen LogP contribution in [-0.4, -0.2) is 25.5 Å². The maximum atomic E-state index is 12.3. The van der Waals surface area contributed by atoms with E-state index in [0.717, 1.165) is 22.4 Å². The summed E-state index contributed by atoms with van der Waals surface area (Å²) in [4.78, 5) is 12.3. The normalized spacial score (nSPS) is 12.4. The predicted molar refractivity (Wildman–Crippen MR) is 79.4 cm³/mol. The Kier molecular flexibility index (Phi) is 4.27. The van der Waals surface area contributed by atoms with Gasteiger partial charge in [0.1, 0.15) is 0 Å². The van der Waals surface area contributed by atoms with Crippen molar-refractivity contribution in [3.63, 3.8) is 0 Å². The number of hydrogen-bond donors (Lipinski definition) is 1. The Morgan fingerprint density at radius 1 is 1.55 bits per heavy atom. The molecule has 1 amide bonds. The van der Waals surface area contributed by atoms with Gasteiger partial charge in [-0.2, -0.15) is 10.2 Å². The zero-order chi connectivity index (χ0) is 14.9. The molecule has 2 aromatic heterocycles. The molecule has 0 aliphatic heterocycles. The third-order valence-electron chi connectivity index (χ3n) is 3.32. The van der Waals surface area contributed by atoms with Gasteiger partial charge in [0.2, 0.25) is 0 Å². The van der Waals surface area contributed by atoms with Crippen molar-refractivity contribution in [3.05, 3.63) is 33.8 Å². The Balaban J connectivity index is 2.17. The van der Waals surface area contributed by atoms with Gasteiger partial charge >= 0.3 is 0 Å². The average Bonchev–Trinajstić information content (AvgIpc) is 2.99. The van der Waals surface area contributed by atoms with E-state index in [4.69, 9.17) is 0 Å². The Morgan fingerprint density at radius 3 is 2.80 bits per heavy atom. The van der Waals surface area contributed by atoms with Gasteiger partial charge in [-0.1, -0.05) is 0 Å². The number of aromatic nitrogens is 4. The van der Waals surface area contributed by atoms with Crippen molar-refractivity contribution < 1.29 is 4.79 Å². The molecule has 0 radical (unpaired) electrons. The lowest BCUT2D eigenvalue weighted by Gasteiger charge is -2.14. The van der Waals surface area contributed by atoms with Crippen LogP contribution >= 0.6 is 15.9 Å². The molecule has 108 valence electrons. The van der Waals surface area contributed by atoms with E-state index in [1.807, 2.05) is 38.6 Å². The first-order chi connectivity index (χ1) is 9.45. The largest absolute Gasteiger partial charge is 0.343 e. The van der Waals surface area contributed by atoms with E-state index in [2.05, 4.69) is 31.4 Å². The van der Waals surface area contributed by atoms with Crippen molar-refractivity contribution in [1.29, 1.82) is 0 Å². The highest BCUT2D eigenvalue weighted by Gasteiger charge is 2.20. The first kappa shape index (κ1) is 14.8. The first-order valence-corrected chi connectivity index (χ1v) is 7.26. The second-order valence-corrected chi connectivity index (χ2v) is 5.43. The van der Waals surface area contributed by atoms with Crippen LogP contribution < -0.4 is 5.32 Å². The third-order valence-corrected chi connectivity index (χ3v) is 4.27. The van der Waals surface area contributed by atoms with Gasteiger partial charge in [0.15, 0.2) is 5.69 Å². The van der Waals surface area contributed by atoms with E-state index in [9.17, 15) is 4.79 Å². The topological polar surface area (TPSA) is 64.7 Å². The maximum Gasteiger partial charge on any atom is 0.273 e. The monoisotopic (exact) mass is 339 g/mol. The molecule has 7 heteroatoms. The number of carbonyl (C=O) groups is 1. The Bertz CT molecular complexity index is 631. The molecule has 0 saturated heterocycles. The zero-order valence-electron chi connectivity index (χ0n) is 12.0. The lowest BCUT2D eigenvalue weighted by Crippen LogP contribution is -2.29. The van der Waals surface area contributed by atoms with Crippen LogP contribution in [0.5, 0.6) is 0 Å². The lowest BCUT2D eigenvalue weighted by atomic mass is 10.2. The van der Waals surface area contributed by atoms with Crippen LogP contribution in [0.1, 0.15) is 41.8 Å². The van der Waals surface area contributed by atoms with Gasteiger partial charge in [-0.3, -0.25) is 14.2 Å². The van der Waals surface area contributed by atoms with E-state index in [1.165, 1.54) is 0 Å². The van der Waals surface area contributed by atoms with Gasteiger partial charge < -0.3 is 5.32 Å². The van der Waals surface area contributed by atoms with Gasteiger partial charge in [0.05, 0.1) is 21.9 Å². The van der Waals surface area contributed by atoms with Crippen LogP contribution in [0.2, 0.25) is 0 Å². The van der Waals surface area contributed by atoms with Crippen molar-refractivity contribution in [2.75, 3.05) is 0 Å². The van der Waals surface area contributed by atoms with Crippen molar-refractivity contribution in [1.82, 2.24) is 24.9 Å². The summed E-state index contributed by atoms with van der Waals surface area (Å²) >= 11 is 3.41. The quantitative estimate of drug-likeness (QED) is 0.928. The summed E-state index contributed by atoms with van der Waals surface area (Å²) in [7, 11) is 1.81. The summed E-state index contributed by atoms with van der Waals surface area (Å²) in [6.45, 7) is 6.63. The SMILES string of the molecule is CCn1nccc1C(C)NC(=O)c1nn(C)c(C)c1Br. The summed E-state index contributed by atoms with van der Waals surface area (Å²) in [5.41, 5.74) is 2.30. The molecule has 0 aliphatic carbocycles. The fraction of sp³-hybridized carbons (Fsp3) is 0.462. The third kappa shape index (κ3) is 2.63. The molecule has 1 N–H and O–H groups in total. The average molecular weight is 340 g/mol. The Hall–Kier alpha value is -1.63. The molecule has 2 heterocycles. The molecular weight excluding hydrogens is 322 g/mol. The minimum Gasteiger partial charge on any atom is -0.343 e. The molecule has 0 aliphatic rings. The summed E-state index contributed by atoms with van der Waals surface area (Å²) in [6.07, 6.45) is 1.74. The van der Waals surface area contributed by atoms with Crippen LogP contribution in [0, 0.1) is 6.92 Å². The fourth-order valence-electron chi connectivity index (χ4n) is 2.04. The number of carbonyl (C=O) groups excluding carboxylic acids is 1. The molecule has 2 aromatic rings. The number of halogens is 1. The molecule has 0 fully saturated rings. The summed E-state index contributed by atoms with van der Waals surface area (Å²) in [6, 6.07) is 1.78. The first-order valence-electron chi connectivity index (χ1n) is 6.47. The number of amides is 1. The smallest absolute Gasteiger partial charge is 0.273 e. The van der Waals surface area contributed by atoms with E-state index >= 15 is 0 Å². The van der Waals surface area contributed by atoms with Crippen LogP contribution in [0.3, 0.4) is 0 Å². The molecule has 0 aromatic carbocycles. The highest BCUT2D eigenvalue weighted by molar-refractivity contribution is 9.10. The van der Waals surface area contributed by atoms with Crippen molar-refractivity contribution in [2.45, 2.75) is 33.4 Å². The van der Waals surface area contributed by atoms with Crippen molar-refractivity contribution in [2.24, 2.45) is 7.05 Å². The molecule has 0 spiro atoms. The van der Waals surface area contributed by atoms with Gasteiger partial charge in [0.25, 0.3) is 5.91 Å². The van der Waals surface area contributed by atoms with Gasteiger partial charge in [-0.25, -0.2) is 0 Å². The number of aryl methyl sites for hydroxylation is 2. The van der Waals surface area contributed by atoms with Crippen LogP contribution in [0.4, 0.5) is 0 Å². The molecule has 1 atom stereocenters. The van der Waals surface area contributed by atoms with Crippen LogP contribution in [0.15, 0.2) is 16.7 Å². The number of hydrogen-bond acceptors (Lipinski definition) is 3. The molecular formula is C13H18BrN5O. The lowest BCUT2D eigenvalue weighted by molar-refractivity contribution is 0.0931. The van der Waals surface area contributed by atoms with E-state index < -0.39 is 0 Å². The minimum atomic E-state index is -0.197. The van der Waals surface area contributed by atoms with Crippen molar-refractivity contribution >= 4 is 21.8 Å². The molecule has 2 rings (SSSR count). The number of nitrogens with zero attached hydrogens (tertiary/aromatic N) is 4. The van der Waals surface area contributed by atoms with Crippen LogP contribution in [0.25, 0.3) is 0 Å². The molecule has 20 heavy (non-hydrogen) atoms. The maximum absolute atomic E-state index is 12.3. The summed E-state index contributed by atoms with van der Waals surface area (Å²) < 4.78 is 4.28. The van der Waals surface area contributed by atoms with E-state index in [0.29, 0.717) is 5.69 Å². The van der Waals surface area contributed by atoms with Gasteiger partial charge in [0, 0.05) is 19.8 Å². The Morgan fingerprint density at radius 2 is 2.25 bits per heavy atom. The fourth-order valence-corrected chi connectivity index (χ4v) is 2.56. The second kappa shape index (κ2) is 5.78. The highest BCUT2D eigenvalue weighted by Crippen LogP contribution is 2.21. The molecule has 0 bridgehead atoms.